The predicted molar refractivity (Wildman–Crippen MR) is 119 cm³/mol. The fraction of sp³-hybridized carbons (Fsp3) is 0.0833. The number of halogens is 1. The van der Waals surface area contributed by atoms with E-state index in [-0.39, 0.29) is 41.9 Å². The molecule has 0 fully saturated rings. The van der Waals surface area contributed by atoms with Crippen LogP contribution in [0.15, 0.2) is 71.2 Å². The van der Waals surface area contributed by atoms with Gasteiger partial charge in [-0.1, -0.05) is 40.2 Å². The lowest BCUT2D eigenvalue weighted by molar-refractivity contribution is -0.116. The molecule has 1 aliphatic carbocycles. The Morgan fingerprint density at radius 3 is 2.06 bits per heavy atom. The summed E-state index contributed by atoms with van der Waals surface area (Å²) in [6, 6.07) is 18.3. The maximum absolute atomic E-state index is 12.8. The van der Waals surface area contributed by atoms with E-state index in [0.717, 1.165) is 4.47 Å². The largest absolute Gasteiger partial charge is 0.352 e. The van der Waals surface area contributed by atoms with Crippen molar-refractivity contribution in [1.29, 1.82) is 0 Å². The molecule has 0 atom stereocenters. The molecule has 0 heterocycles. The first kappa shape index (κ1) is 20.7. The van der Waals surface area contributed by atoms with Crippen LogP contribution in [0.25, 0.3) is 0 Å². The van der Waals surface area contributed by atoms with Crippen molar-refractivity contribution < 1.29 is 19.2 Å². The van der Waals surface area contributed by atoms with E-state index in [1.807, 2.05) is 0 Å². The minimum atomic E-state index is -0.314. The molecule has 3 aromatic carbocycles. The Morgan fingerprint density at radius 2 is 1.39 bits per heavy atom. The van der Waals surface area contributed by atoms with E-state index >= 15 is 0 Å². The summed E-state index contributed by atoms with van der Waals surface area (Å²) in [6.07, 6.45) is 0.0645. The standard InChI is InChI=1S/C24H17BrN2O4/c25-15-7-5-14(6-8-15)24(31)26-12-11-21(28)27-16-9-10-19-20(13-16)23(30)18-4-2-1-3-17(18)22(19)29/h1-10,13H,11-12H2,(H,26,31)(H,27,28). The van der Waals surface area contributed by atoms with Crippen molar-refractivity contribution in [3.05, 3.63) is 99.0 Å². The molecule has 2 amide bonds. The molecule has 3 aromatic rings. The van der Waals surface area contributed by atoms with Crippen LogP contribution in [0.3, 0.4) is 0 Å². The molecule has 0 aromatic heterocycles. The zero-order valence-corrected chi connectivity index (χ0v) is 17.9. The van der Waals surface area contributed by atoms with Crippen LogP contribution in [0.1, 0.15) is 48.6 Å². The number of hydrogen-bond donors (Lipinski definition) is 2. The molecule has 0 bridgehead atoms. The Balaban J connectivity index is 1.38. The number of ketones is 2. The highest BCUT2D eigenvalue weighted by atomic mass is 79.9. The molecule has 4 rings (SSSR count). The first-order valence-electron chi connectivity index (χ1n) is 9.60. The van der Waals surface area contributed by atoms with E-state index in [2.05, 4.69) is 26.6 Å². The molecule has 0 saturated heterocycles. The highest BCUT2D eigenvalue weighted by molar-refractivity contribution is 9.10. The fourth-order valence-corrected chi connectivity index (χ4v) is 3.66. The maximum Gasteiger partial charge on any atom is 0.251 e. The van der Waals surface area contributed by atoms with Crippen molar-refractivity contribution in [2.45, 2.75) is 6.42 Å². The second-order valence-electron chi connectivity index (χ2n) is 7.03. The van der Waals surface area contributed by atoms with Gasteiger partial charge in [-0.05, 0) is 42.5 Å². The number of benzene rings is 3. The zero-order valence-electron chi connectivity index (χ0n) is 16.3. The Kier molecular flexibility index (Phi) is 5.77. The Labute approximate surface area is 186 Å². The van der Waals surface area contributed by atoms with Gasteiger partial charge in [0, 0.05) is 50.9 Å². The van der Waals surface area contributed by atoms with Gasteiger partial charge in [-0.3, -0.25) is 19.2 Å². The predicted octanol–water partition coefficient (Wildman–Crippen LogP) is 3.98. The number of fused-ring (bicyclic) bond motifs is 2. The number of nitrogens with one attached hydrogen (secondary N) is 2. The molecule has 0 radical (unpaired) electrons. The molecular weight excluding hydrogens is 460 g/mol. The van der Waals surface area contributed by atoms with Crippen LogP contribution >= 0.6 is 15.9 Å². The van der Waals surface area contributed by atoms with Crippen LogP contribution in [0.4, 0.5) is 5.69 Å². The van der Waals surface area contributed by atoms with Crippen LogP contribution in [0.5, 0.6) is 0 Å². The average Bonchev–Trinajstić information content (AvgIpc) is 2.78. The number of amides is 2. The minimum absolute atomic E-state index is 0.0645. The van der Waals surface area contributed by atoms with E-state index in [1.165, 1.54) is 6.07 Å². The Hall–Kier alpha value is -3.58. The second-order valence-corrected chi connectivity index (χ2v) is 7.94. The molecule has 0 aliphatic heterocycles. The van der Waals surface area contributed by atoms with Gasteiger partial charge in [0.1, 0.15) is 0 Å². The molecule has 0 unspecified atom stereocenters. The van der Waals surface area contributed by atoms with Crippen molar-refractivity contribution in [2.75, 3.05) is 11.9 Å². The lowest BCUT2D eigenvalue weighted by atomic mass is 9.84. The molecule has 154 valence electrons. The SMILES string of the molecule is O=C(CCNC(=O)c1ccc(Br)cc1)Nc1ccc2c(c1)C(=O)c1ccccc1C2=O. The number of rotatable bonds is 5. The van der Waals surface area contributed by atoms with Gasteiger partial charge in [0.15, 0.2) is 11.6 Å². The number of carbonyl (C=O) groups excluding carboxylic acids is 4. The molecular formula is C24H17BrN2O4. The molecule has 31 heavy (non-hydrogen) atoms. The fourth-order valence-electron chi connectivity index (χ4n) is 3.39. The van der Waals surface area contributed by atoms with Crippen LogP contribution in [0.2, 0.25) is 0 Å². The molecule has 0 saturated carbocycles. The first-order chi connectivity index (χ1) is 14.9. The van der Waals surface area contributed by atoms with Crippen molar-refractivity contribution in [3.63, 3.8) is 0 Å². The van der Waals surface area contributed by atoms with Crippen molar-refractivity contribution in [3.8, 4) is 0 Å². The Morgan fingerprint density at radius 1 is 0.774 bits per heavy atom. The summed E-state index contributed by atoms with van der Waals surface area (Å²) in [6.45, 7) is 0.163. The van der Waals surface area contributed by atoms with Crippen molar-refractivity contribution >= 4 is 45.0 Å². The topological polar surface area (TPSA) is 92.3 Å². The smallest absolute Gasteiger partial charge is 0.251 e. The zero-order chi connectivity index (χ0) is 22.0. The molecule has 6 nitrogen and oxygen atoms in total. The molecule has 2 N–H and O–H groups in total. The average molecular weight is 477 g/mol. The summed E-state index contributed by atoms with van der Waals surface area (Å²) in [5, 5.41) is 5.41. The summed E-state index contributed by atoms with van der Waals surface area (Å²) in [5.41, 5.74) is 2.26. The van der Waals surface area contributed by atoms with E-state index in [0.29, 0.717) is 27.9 Å². The van der Waals surface area contributed by atoms with Gasteiger partial charge in [0.25, 0.3) is 5.91 Å². The van der Waals surface area contributed by atoms with Gasteiger partial charge < -0.3 is 10.6 Å². The quantitative estimate of drug-likeness (QED) is 0.455. The van der Waals surface area contributed by atoms with Crippen LogP contribution in [0, 0.1) is 0 Å². The third-order valence-corrected chi connectivity index (χ3v) is 5.48. The third kappa shape index (κ3) is 4.32. The number of carbonyl (C=O) groups is 4. The van der Waals surface area contributed by atoms with Crippen LogP contribution < -0.4 is 10.6 Å². The van der Waals surface area contributed by atoms with Gasteiger partial charge in [-0.25, -0.2) is 0 Å². The first-order valence-corrected chi connectivity index (χ1v) is 10.4. The van der Waals surface area contributed by atoms with E-state index in [9.17, 15) is 19.2 Å². The lowest BCUT2D eigenvalue weighted by Gasteiger charge is -2.18. The van der Waals surface area contributed by atoms with E-state index in [1.54, 1.807) is 60.7 Å². The summed E-state index contributed by atoms with van der Waals surface area (Å²) in [5.74, 6) is -1.04. The minimum Gasteiger partial charge on any atom is -0.352 e. The number of hydrogen-bond acceptors (Lipinski definition) is 4. The van der Waals surface area contributed by atoms with Gasteiger partial charge >= 0.3 is 0 Å². The van der Waals surface area contributed by atoms with Gasteiger partial charge in [-0.2, -0.15) is 0 Å². The summed E-state index contributed by atoms with van der Waals surface area (Å²) in [4.78, 5) is 49.8. The molecule has 1 aliphatic rings. The van der Waals surface area contributed by atoms with Crippen molar-refractivity contribution in [1.82, 2.24) is 5.32 Å². The third-order valence-electron chi connectivity index (χ3n) is 4.95. The van der Waals surface area contributed by atoms with E-state index in [4.69, 9.17) is 0 Å². The lowest BCUT2D eigenvalue weighted by Crippen LogP contribution is -2.27. The monoisotopic (exact) mass is 476 g/mol. The normalized spacial score (nSPS) is 12.0. The van der Waals surface area contributed by atoms with Gasteiger partial charge in [0.2, 0.25) is 5.91 Å². The van der Waals surface area contributed by atoms with Gasteiger partial charge in [-0.15, -0.1) is 0 Å². The highest BCUT2D eigenvalue weighted by Crippen LogP contribution is 2.29. The number of anilines is 1. The summed E-state index contributed by atoms with van der Waals surface area (Å²) >= 11 is 3.31. The van der Waals surface area contributed by atoms with Gasteiger partial charge in [0.05, 0.1) is 0 Å². The highest BCUT2D eigenvalue weighted by Gasteiger charge is 2.29. The molecule has 7 heteroatoms. The maximum atomic E-state index is 12.8. The summed E-state index contributed by atoms with van der Waals surface area (Å²) < 4.78 is 0.872. The van der Waals surface area contributed by atoms with Crippen molar-refractivity contribution in [2.24, 2.45) is 0 Å². The molecule has 0 spiro atoms. The van der Waals surface area contributed by atoms with Crippen LogP contribution in [-0.2, 0) is 4.79 Å². The summed E-state index contributed by atoms with van der Waals surface area (Å²) in [7, 11) is 0. The second kappa shape index (κ2) is 8.65. The Bertz CT molecular complexity index is 1220. The van der Waals surface area contributed by atoms with Crippen LogP contribution in [-0.4, -0.2) is 29.9 Å². The van der Waals surface area contributed by atoms with E-state index < -0.39 is 0 Å².